The first-order valence-electron chi connectivity index (χ1n) is 3.44. The Morgan fingerprint density at radius 2 is 2.36 bits per heavy atom. The van der Waals surface area contributed by atoms with E-state index in [1.54, 1.807) is 18.0 Å². The molecule has 0 unspecified atom stereocenters. The standard InChI is InChI=1S/C8H14N2S/c1-9-5-3-4-7-11-8-6-10-2/h3-4,6,8-9H,2,5,7H2,1H3/b4-3-,8-6-. The van der Waals surface area contributed by atoms with Crippen LogP contribution in [0.25, 0.3) is 0 Å². The van der Waals surface area contributed by atoms with Crippen LogP contribution in [0.1, 0.15) is 0 Å². The van der Waals surface area contributed by atoms with Crippen LogP contribution in [0.4, 0.5) is 0 Å². The highest BCUT2D eigenvalue weighted by Gasteiger charge is 1.74. The highest BCUT2D eigenvalue weighted by atomic mass is 32.2. The van der Waals surface area contributed by atoms with Gasteiger partial charge in [0.2, 0.25) is 0 Å². The molecule has 0 amide bonds. The van der Waals surface area contributed by atoms with E-state index in [1.165, 1.54) is 0 Å². The van der Waals surface area contributed by atoms with E-state index < -0.39 is 0 Å². The largest absolute Gasteiger partial charge is 0.316 e. The molecular weight excluding hydrogens is 156 g/mol. The molecule has 0 bridgehead atoms. The molecule has 0 saturated carbocycles. The van der Waals surface area contributed by atoms with Gasteiger partial charge in [0, 0.05) is 18.5 Å². The first-order valence-corrected chi connectivity index (χ1v) is 4.48. The Balaban J connectivity index is 3.12. The number of nitrogens with one attached hydrogen (secondary N) is 1. The van der Waals surface area contributed by atoms with E-state index >= 15 is 0 Å². The smallest absolute Gasteiger partial charge is 0.0323 e. The van der Waals surface area contributed by atoms with Gasteiger partial charge in [-0.05, 0) is 19.2 Å². The van der Waals surface area contributed by atoms with Crippen LogP contribution in [0.5, 0.6) is 0 Å². The van der Waals surface area contributed by atoms with E-state index in [2.05, 4.69) is 29.2 Å². The van der Waals surface area contributed by atoms with Gasteiger partial charge in [-0.1, -0.05) is 12.2 Å². The fraction of sp³-hybridized carbons (Fsp3) is 0.375. The number of thioether (sulfide) groups is 1. The van der Waals surface area contributed by atoms with Crippen molar-refractivity contribution in [1.29, 1.82) is 0 Å². The highest BCUT2D eigenvalue weighted by Crippen LogP contribution is 2.01. The molecule has 0 heterocycles. The maximum atomic E-state index is 3.58. The average molecular weight is 170 g/mol. The summed E-state index contributed by atoms with van der Waals surface area (Å²) in [5.74, 6) is 0.994. The van der Waals surface area contributed by atoms with Crippen molar-refractivity contribution in [2.45, 2.75) is 0 Å². The number of hydrogen-bond acceptors (Lipinski definition) is 3. The lowest BCUT2D eigenvalue weighted by atomic mass is 10.5. The zero-order chi connectivity index (χ0) is 8.36. The van der Waals surface area contributed by atoms with Crippen molar-refractivity contribution in [1.82, 2.24) is 5.32 Å². The predicted octanol–water partition coefficient (Wildman–Crippen LogP) is 1.67. The molecule has 0 aromatic heterocycles. The lowest BCUT2D eigenvalue weighted by Crippen LogP contribution is -2.03. The van der Waals surface area contributed by atoms with E-state index in [9.17, 15) is 0 Å². The summed E-state index contributed by atoms with van der Waals surface area (Å²) in [5, 5.41) is 4.95. The molecule has 0 radical (unpaired) electrons. The molecule has 0 fully saturated rings. The number of hydrogen-bond donors (Lipinski definition) is 1. The maximum absolute atomic E-state index is 3.58. The van der Waals surface area contributed by atoms with Crippen molar-refractivity contribution in [2.24, 2.45) is 4.99 Å². The Morgan fingerprint density at radius 3 is 3.00 bits per heavy atom. The second-order valence-electron chi connectivity index (χ2n) is 1.83. The normalized spacial score (nSPS) is 11.4. The van der Waals surface area contributed by atoms with Gasteiger partial charge in [-0.3, -0.25) is 4.99 Å². The molecule has 3 heteroatoms. The zero-order valence-corrected chi connectivity index (χ0v) is 7.60. The number of aliphatic imine (C=N–C) groups is 1. The summed E-state index contributed by atoms with van der Waals surface area (Å²) < 4.78 is 0. The van der Waals surface area contributed by atoms with Gasteiger partial charge in [-0.15, -0.1) is 11.8 Å². The second-order valence-corrected chi connectivity index (χ2v) is 2.77. The quantitative estimate of drug-likeness (QED) is 0.372. The average Bonchev–Trinajstić information content (AvgIpc) is 2.03. The summed E-state index contributed by atoms with van der Waals surface area (Å²) in [7, 11) is 1.93. The van der Waals surface area contributed by atoms with Gasteiger partial charge >= 0.3 is 0 Å². The zero-order valence-electron chi connectivity index (χ0n) is 6.79. The third kappa shape index (κ3) is 9.46. The molecule has 1 N–H and O–H groups in total. The van der Waals surface area contributed by atoms with Gasteiger partial charge < -0.3 is 5.32 Å². The van der Waals surface area contributed by atoms with Crippen LogP contribution < -0.4 is 5.32 Å². The molecule has 0 aromatic carbocycles. The van der Waals surface area contributed by atoms with Crippen LogP contribution in [0.15, 0.2) is 28.8 Å². The third-order valence-electron chi connectivity index (χ3n) is 0.944. The van der Waals surface area contributed by atoms with Crippen molar-refractivity contribution < 1.29 is 0 Å². The van der Waals surface area contributed by atoms with Crippen LogP contribution in [0, 0.1) is 0 Å². The van der Waals surface area contributed by atoms with Crippen LogP contribution >= 0.6 is 11.8 Å². The summed E-state index contributed by atoms with van der Waals surface area (Å²) in [4.78, 5) is 3.58. The van der Waals surface area contributed by atoms with Gasteiger partial charge in [0.05, 0.1) is 0 Å². The molecule has 0 aromatic rings. The Morgan fingerprint density at radius 1 is 1.55 bits per heavy atom. The molecule has 0 atom stereocenters. The highest BCUT2D eigenvalue weighted by molar-refractivity contribution is 8.02. The summed E-state index contributed by atoms with van der Waals surface area (Å²) in [5.41, 5.74) is 0. The number of nitrogens with zero attached hydrogens (tertiary/aromatic N) is 1. The van der Waals surface area contributed by atoms with Crippen LogP contribution in [-0.4, -0.2) is 26.1 Å². The second kappa shape index (κ2) is 9.46. The van der Waals surface area contributed by atoms with E-state index in [1.807, 2.05) is 12.5 Å². The fourth-order valence-corrected chi connectivity index (χ4v) is 0.997. The monoisotopic (exact) mass is 170 g/mol. The molecule has 0 saturated heterocycles. The Kier molecular flexibility index (Phi) is 9.00. The minimum Gasteiger partial charge on any atom is -0.316 e. The number of likely N-dealkylation sites (N-methyl/N-ethyl adjacent to an activating group) is 1. The van der Waals surface area contributed by atoms with E-state index in [-0.39, 0.29) is 0 Å². The summed E-state index contributed by atoms with van der Waals surface area (Å²) in [6, 6.07) is 0. The topological polar surface area (TPSA) is 24.4 Å². The first-order chi connectivity index (χ1) is 5.41. The number of rotatable bonds is 6. The van der Waals surface area contributed by atoms with Crippen molar-refractivity contribution in [2.75, 3.05) is 19.3 Å². The third-order valence-corrected chi connectivity index (χ3v) is 1.64. The van der Waals surface area contributed by atoms with Gasteiger partial charge in [0.25, 0.3) is 0 Å². The molecule has 11 heavy (non-hydrogen) atoms. The van der Waals surface area contributed by atoms with Crippen molar-refractivity contribution >= 4 is 18.5 Å². The molecule has 0 rings (SSSR count). The van der Waals surface area contributed by atoms with E-state index in [0.717, 1.165) is 12.3 Å². The molecule has 0 aliphatic heterocycles. The molecule has 0 spiro atoms. The SMILES string of the molecule is C=N/C=C\SC/C=C\CNC. The lowest BCUT2D eigenvalue weighted by Gasteiger charge is -1.87. The molecule has 0 aliphatic rings. The summed E-state index contributed by atoms with van der Waals surface area (Å²) in [6.07, 6.45) is 5.91. The van der Waals surface area contributed by atoms with Crippen LogP contribution in [-0.2, 0) is 0 Å². The molecule has 2 nitrogen and oxygen atoms in total. The molecular formula is C8H14N2S. The van der Waals surface area contributed by atoms with E-state index in [0.29, 0.717) is 0 Å². The van der Waals surface area contributed by atoms with Gasteiger partial charge in [-0.2, -0.15) is 0 Å². The van der Waals surface area contributed by atoms with Crippen molar-refractivity contribution in [3.8, 4) is 0 Å². The maximum Gasteiger partial charge on any atom is 0.0323 e. The van der Waals surface area contributed by atoms with Crippen molar-refractivity contribution in [3.05, 3.63) is 23.8 Å². The molecule has 0 aliphatic carbocycles. The van der Waals surface area contributed by atoms with Gasteiger partial charge in [0.1, 0.15) is 0 Å². The van der Waals surface area contributed by atoms with E-state index in [4.69, 9.17) is 0 Å². The first kappa shape index (κ1) is 10.5. The van der Waals surface area contributed by atoms with Crippen molar-refractivity contribution in [3.63, 3.8) is 0 Å². The van der Waals surface area contributed by atoms with Gasteiger partial charge in [0.15, 0.2) is 0 Å². The Bertz CT molecular complexity index is 141. The summed E-state index contributed by atoms with van der Waals surface area (Å²) in [6.45, 7) is 4.26. The Hall–Kier alpha value is -0.540. The lowest BCUT2D eigenvalue weighted by molar-refractivity contribution is 0.919. The minimum atomic E-state index is 0.935. The van der Waals surface area contributed by atoms with Crippen LogP contribution in [0.2, 0.25) is 0 Å². The minimum absolute atomic E-state index is 0.935. The predicted molar refractivity (Wildman–Crippen MR) is 54.2 cm³/mol. The fourth-order valence-electron chi connectivity index (χ4n) is 0.466. The van der Waals surface area contributed by atoms with Crippen LogP contribution in [0.3, 0.4) is 0 Å². The molecule has 62 valence electrons. The van der Waals surface area contributed by atoms with Gasteiger partial charge in [-0.25, -0.2) is 0 Å². The Labute approximate surface area is 72.5 Å². The summed E-state index contributed by atoms with van der Waals surface area (Å²) >= 11 is 1.70.